The number of hydrogen-bond donors (Lipinski definition) is 1. The van der Waals surface area contributed by atoms with Gasteiger partial charge in [-0.15, -0.1) is 0 Å². The molecule has 100 valence electrons. The van der Waals surface area contributed by atoms with E-state index in [1.807, 2.05) is 62.7 Å². The Morgan fingerprint density at radius 2 is 2.00 bits per heavy atom. The lowest BCUT2D eigenvalue weighted by Gasteiger charge is -2.11. The van der Waals surface area contributed by atoms with Gasteiger partial charge in [0, 0.05) is 17.7 Å². The van der Waals surface area contributed by atoms with Gasteiger partial charge in [-0.1, -0.05) is 17.7 Å². The summed E-state index contributed by atoms with van der Waals surface area (Å²) in [5.41, 5.74) is 2.63. The van der Waals surface area contributed by atoms with Crippen molar-refractivity contribution in [1.82, 2.24) is 9.78 Å². The Bertz CT molecular complexity index is 599. The smallest absolute Gasteiger partial charge is 0.256 e. The third-order valence-corrected chi connectivity index (χ3v) is 2.87. The molecule has 1 aromatic carbocycles. The summed E-state index contributed by atoms with van der Waals surface area (Å²) in [5, 5.41) is 7.29. The molecule has 1 N–H and O–H groups in total. The number of anilines is 1. The average molecular weight is 257 g/mol. The molecule has 19 heavy (non-hydrogen) atoms. The van der Waals surface area contributed by atoms with Crippen molar-refractivity contribution < 1.29 is 4.79 Å². The number of benzene rings is 1. The van der Waals surface area contributed by atoms with E-state index in [0.29, 0.717) is 5.56 Å². The first-order valence-corrected chi connectivity index (χ1v) is 6.41. The van der Waals surface area contributed by atoms with Gasteiger partial charge in [-0.05, 0) is 39.8 Å². The van der Waals surface area contributed by atoms with Crippen molar-refractivity contribution in [3.63, 3.8) is 0 Å². The van der Waals surface area contributed by atoms with E-state index < -0.39 is 0 Å². The second kappa shape index (κ2) is 5.26. The summed E-state index contributed by atoms with van der Waals surface area (Å²) in [7, 11) is 0. The Morgan fingerprint density at radius 1 is 1.26 bits per heavy atom. The van der Waals surface area contributed by atoms with Crippen LogP contribution in [-0.4, -0.2) is 15.7 Å². The molecule has 1 amide bonds. The van der Waals surface area contributed by atoms with Crippen LogP contribution in [0.1, 0.15) is 41.5 Å². The molecule has 0 bridgehead atoms. The Labute approximate surface area is 113 Å². The molecule has 4 nitrogen and oxygen atoms in total. The highest BCUT2D eigenvalue weighted by Gasteiger charge is 2.12. The molecule has 0 radical (unpaired) electrons. The Balaban J connectivity index is 2.24. The van der Waals surface area contributed by atoms with Crippen LogP contribution in [0.5, 0.6) is 0 Å². The third kappa shape index (κ3) is 3.02. The zero-order valence-corrected chi connectivity index (χ0v) is 11.8. The van der Waals surface area contributed by atoms with Gasteiger partial charge in [-0.2, -0.15) is 5.10 Å². The van der Waals surface area contributed by atoms with Crippen molar-refractivity contribution in [2.75, 3.05) is 5.32 Å². The molecule has 1 heterocycles. The molecule has 0 atom stereocenters. The van der Waals surface area contributed by atoms with Crippen molar-refractivity contribution in [2.24, 2.45) is 0 Å². The number of nitrogens with zero attached hydrogens (tertiary/aromatic N) is 2. The lowest BCUT2D eigenvalue weighted by Crippen LogP contribution is -2.16. The van der Waals surface area contributed by atoms with Crippen LogP contribution in [-0.2, 0) is 0 Å². The van der Waals surface area contributed by atoms with Gasteiger partial charge in [0.15, 0.2) is 0 Å². The molecule has 0 aliphatic heterocycles. The van der Waals surface area contributed by atoms with Crippen LogP contribution in [0.3, 0.4) is 0 Å². The number of rotatable bonds is 3. The molecule has 0 saturated carbocycles. The first-order valence-electron chi connectivity index (χ1n) is 6.41. The van der Waals surface area contributed by atoms with Crippen molar-refractivity contribution in [1.29, 1.82) is 0 Å². The molecule has 0 saturated heterocycles. The quantitative estimate of drug-likeness (QED) is 0.916. The number of carbonyl (C=O) groups excluding carboxylic acids is 1. The Hall–Kier alpha value is -2.10. The lowest BCUT2D eigenvalue weighted by atomic mass is 10.1. The third-order valence-electron chi connectivity index (χ3n) is 2.87. The van der Waals surface area contributed by atoms with Gasteiger partial charge in [-0.3, -0.25) is 4.79 Å². The number of aryl methyl sites for hydroxylation is 2. The summed E-state index contributed by atoms with van der Waals surface area (Å²) in [4.78, 5) is 12.2. The monoisotopic (exact) mass is 257 g/mol. The maximum atomic E-state index is 12.2. The summed E-state index contributed by atoms with van der Waals surface area (Å²) in [6.45, 7) is 7.96. The fraction of sp³-hybridized carbons (Fsp3) is 0.333. The molecule has 0 unspecified atom stereocenters. The molecule has 0 aliphatic rings. The molecule has 2 rings (SSSR count). The number of aromatic nitrogens is 2. The van der Waals surface area contributed by atoms with Crippen LogP contribution in [0.2, 0.25) is 0 Å². The minimum absolute atomic E-state index is 0.106. The number of carbonyl (C=O) groups is 1. The SMILES string of the molecule is Cc1cccc(C(=O)Nc2cc(C)nn2C(C)C)c1. The molecule has 0 fully saturated rings. The molecule has 2 aromatic rings. The van der Waals surface area contributed by atoms with Gasteiger partial charge in [0.1, 0.15) is 5.82 Å². The molecule has 0 spiro atoms. The highest BCUT2D eigenvalue weighted by Crippen LogP contribution is 2.17. The Kier molecular flexibility index (Phi) is 3.69. The first-order chi connectivity index (χ1) is 8.97. The normalized spacial score (nSPS) is 10.8. The number of amides is 1. The van der Waals surface area contributed by atoms with Gasteiger partial charge in [-0.25, -0.2) is 4.68 Å². The maximum absolute atomic E-state index is 12.2. The summed E-state index contributed by atoms with van der Waals surface area (Å²) >= 11 is 0. The van der Waals surface area contributed by atoms with E-state index in [2.05, 4.69) is 10.4 Å². The Morgan fingerprint density at radius 3 is 2.63 bits per heavy atom. The van der Waals surface area contributed by atoms with Gasteiger partial charge in [0.2, 0.25) is 0 Å². The van der Waals surface area contributed by atoms with Crippen molar-refractivity contribution in [3.05, 3.63) is 47.2 Å². The van der Waals surface area contributed by atoms with E-state index in [9.17, 15) is 4.79 Å². The van der Waals surface area contributed by atoms with Gasteiger partial charge in [0.05, 0.1) is 5.69 Å². The van der Waals surface area contributed by atoms with Gasteiger partial charge < -0.3 is 5.32 Å². The molecule has 4 heteroatoms. The van der Waals surface area contributed by atoms with Gasteiger partial charge >= 0.3 is 0 Å². The summed E-state index contributed by atoms with van der Waals surface area (Å²) in [6, 6.07) is 9.63. The standard InChI is InChI=1S/C15H19N3O/c1-10(2)18-14(9-12(4)17-18)16-15(19)13-7-5-6-11(3)8-13/h5-10H,1-4H3,(H,16,19). The predicted molar refractivity (Wildman–Crippen MR) is 76.5 cm³/mol. The predicted octanol–water partition coefficient (Wildman–Crippen LogP) is 3.33. The van der Waals surface area contributed by atoms with Crippen molar-refractivity contribution in [2.45, 2.75) is 33.7 Å². The largest absolute Gasteiger partial charge is 0.307 e. The van der Waals surface area contributed by atoms with E-state index in [0.717, 1.165) is 17.1 Å². The number of nitrogens with one attached hydrogen (secondary N) is 1. The fourth-order valence-corrected chi connectivity index (χ4v) is 1.98. The highest BCUT2D eigenvalue weighted by atomic mass is 16.1. The van der Waals surface area contributed by atoms with E-state index in [1.54, 1.807) is 0 Å². The van der Waals surface area contributed by atoms with E-state index in [-0.39, 0.29) is 11.9 Å². The van der Waals surface area contributed by atoms with Crippen LogP contribution >= 0.6 is 0 Å². The second-order valence-corrected chi connectivity index (χ2v) is 5.03. The van der Waals surface area contributed by atoms with Crippen LogP contribution in [0, 0.1) is 13.8 Å². The first kappa shape index (κ1) is 13.3. The zero-order valence-electron chi connectivity index (χ0n) is 11.8. The van der Waals surface area contributed by atoms with Crippen molar-refractivity contribution in [3.8, 4) is 0 Å². The molecular formula is C15H19N3O. The molecular weight excluding hydrogens is 238 g/mol. The van der Waals surface area contributed by atoms with Crippen LogP contribution in [0.15, 0.2) is 30.3 Å². The van der Waals surface area contributed by atoms with Crippen LogP contribution in [0.4, 0.5) is 5.82 Å². The zero-order chi connectivity index (χ0) is 14.0. The minimum atomic E-state index is -0.106. The van der Waals surface area contributed by atoms with E-state index in [4.69, 9.17) is 0 Å². The highest BCUT2D eigenvalue weighted by molar-refractivity contribution is 6.03. The van der Waals surface area contributed by atoms with Gasteiger partial charge in [0.25, 0.3) is 5.91 Å². The van der Waals surface area contributed by atoms with Crippen LogP contribution in [0.25, 0.3) is 0 Å². The lowest BCUT2D eigenvalue weighted by molar-refractivity contribution is 0.102. The summed E-state index contributed by atoms with van der Waals surface area (Å²) < 4.78 is 1.82. The van der Waals surface area contributed by atoms with Crippen molar-refractivity contribution >= 4 is 11.7 Å². The summed E-state index contributed by atoms with van der Waals surface area (Å²) in [5.74, 6) is 0.629. The average Bonchev–Trinajstić information content (AvgIpc) is 2.70. The minimum Gasteiger partial charge on any atom is -0.307 e. The number of hydrogen-bond acceptors (Lipinski definition) is 2. The van der Waals surface area contributed by atoms with E-state index in [1.165, 1.54) is 0 Å². The maximum Gasteiger partial charge on any atom is 0.256 e. The summed E-state index contributed by atoms with van der Waals surface area (Å²) in [6.07, 6.45) is 0. The molecule has 1 aromatic heterocycles. The van der Waals surface area contributed by atoms with E-state index >= 15 is 0 Å². The van der Waals surface area contributed by atoms with Crippen LogP contribution < -0.4 is 5.32 Å². The molecule has 0 aliphatic carbocycles. The second-order valence-electron chi connectivity index (χ2n) is 5.03. The fourth-order valence-electron chi connectivity index (χ4n) is 1.98. The topological polar surface area (TPSA) is 46.9 Å².